The molecule has 1 amide bonds. The third kappa shape index (κ3) is 5.99. The molecule has 1 rings (SSSR count). The summed E-state index contributed by atoms with van der Waals surface area (Å²) in [7, 11) is -0.249. The van der Waals surface area contributed by atoms with E-state index in [0.717, 1.165) is 4.31 Å². The number of carbonyl (C=O) groups excluding carboxylic acids is 1. The Morgan fingerprint density at radius 1 is 1.29 bits per heavy atom. The number of carbonyl (C=O) groups is 1. The molecule has 100 valence electrons. The maximum atomic E-state index is 11.4. The van der Waals surface area contributed by atoms with Crippen molar-refractivity contribution in [3.05, 3.63) is 0 Å². The van der Waals surface area contributed by atoms with Crippen LogP contribution in [0.15, 0.2) is 0 Å². The van der Waals surface area contributed by atoms with Gasteiger partial charge in [0.05, 0.1) is 5.75 Å². The van der Waals surface area contributed by atoms with Gasteiger partial charge in [0.1, 0.15) is 0 Å². The number of nitrogens with one attached hydrogen (secondary N) is 2. The maximum Gasteiger partial charge on any atom is 0.221 e. The Morgan fingerprint density at radius 3 is 2.47 bits per heavy atom. The predicted octanol–water partition coefficient (Wildman–Crippen LogP) is -0.864. The summed E-state index contributed by atoms with van der Waals surface area (Å²) >= 11 is 0. The van der Waals surface area contributed by atoms with Gasteiger partial charge in [-0.05, 0) is 12.8 Å². The number of sulfonamides is 1. The van der Waals surface area contributed by atoms with Crippen LogP contribution in [0.2, 0.25) is 0 Å². The van der Waals surface area contributed by atoms with E-state index in [0.29, 0.717) is 19.0 Å². The Morgan fingerprint density at radius 2 is 1.94 bits per heavy atom. The summed E-state index contributed by atoms with van der Waals surface area (Å²) in [5, 5.41) is 5.83. The molecule has 0 spiro atoms. The molecule has 0 heterocycles. The van der Waals surface area contributed by atoms with Crippen LogP contribution in [0.3, 0.4) is 0 Å². The Balaban J connectivity index is 2.06. The van der Waals surface area contributed by atoms with Crippen LogP contribution in [-0.4, -0.2) is 57.6 Å². The Bertz CT molecular complexity index is 350. The van der Waals surface area contributed by atoms with Crippen molar-refractivity contribution in [1.82, 2.24) is 14.9 Å². The summed E-state index contributed by atoms with van der Waals surface area (Å²) in [4.78, 5) is 11.3. The standard InChI is InChI=1S/C10H21N3O3S/c1-13(2)17(15,16)8-7-12-10(14)5-6-11-9-3-4-9/h9,11H,3-8H2,1-2H3,(H,12,14). The van der Waals surface area contributed by atoms with Crippen molar-refractivity contribution in [2.24, 2.45) is 0 Å². The molecule has 2 N–H and O–H groups in total. The largest absolute Gasteiger partial charge is 0.355 e. The Hall–Kier alpha value is -0.660. The highest BCUT2D eigenvalue weighted by molar-refractivity contribution is 7.89. The van der Waals surface area contributed by atoms with E-state index >= 15 is 0 Å². The number of hydrogen-bond donors (Lipinski definition) is 2. The molecule has 0 aromatic rings. The van der Waals surface area contributed by atoms with Crippen molar-refractivity contribution in [3.63, 3.8) is 0 Å². The summed E-state index contributed by atoms with van der Waals surface area (Å²) in [5.41, 5.74) is 0. The van der Waals surface area contributed by atoms with Gasteiger partial charge >= 0.3 is 0 Å². The molecule has 17 heavy (non-hydrogen) atoms. The minimum Gasteiger partial charge on any atom is -0.355 e. The van der Waals surface area contributed by atoms with E-state index in [9.17, 15) is 13.2 Å². The smallest absolute Gasteiger partial charge is 0.221 e. The van der Waals surface area contributed by atoms with Gasteiger partial charge in [0.2, 0.25) is 15.9 Å². The Labute approximate surface area is 103 Å². The molecular weight excluding hydrogens is 242 g/mol. The number of rotatable bonds is 8. The van der Waals surface area contributed by atoms with Gasteiger partial charge in [0, 0.05) is 39.6 Å². The lowest BCUT2D eigenvalue weighted by molar-refractivity contribution is -0.120. The second-order valence-electron chi connectivity index (χ2n) is 4.43. The van der Waals surface area contributed by atoms with Crippen molar-refractivity contribution in [2.45, 2.75) is 25.3 Å². The van der Waals surface area contributed by atoms with Crippen molar-refractivity contribution < 1.29 is 13.2 Å². The fraction of sp³-hybridized carbons (Fsp3) is 0.900. The normalized spacial score (nSPS) is 16.2. The fourth-order valence-corrected chi connectivity index (χ4v) is 1.99. The first-order valence-electron chi connectivity index (χ1n) is 5.82. The van der Waals surface area contributed by atoms with Crippen LogP contribution in [0, 0.1) is 0 Å². The van der Waals surface area contributed by atoms with Gasteiger partial charge in [-0.15, -0.1) is 0 Å². The molecule has 0 aromatic heterocycles. The predicted molar refractivity (Wildman–Crippen MR) is 66.1 cm³/mol. The van der Waals surface area contributed by atoms with Gasteiger partial charge in [-0.3, -0.25) is 4.79 Å². The minimum absolute atomic E-state index is 0.0538. The highest BCUT2D eigenvalue weighted by Gasteiger charge is 2.20. The first-order valence-corrected chi connectivity index (χ1v) is 7.43. The van der Waals surface area contributed by atoms with Crippen LogP contribution < -0.4 is 10.6 Å². The van der Waals surface area contributed by atoms with Gasteiger partial charge in [0.25, 0.3) is 0 Å². The van der Waals surface area contributed by atoms with E-state index in [4.69, 9.17) is 0 Å². The van der Waals surface area contributed by atoms with Crippen molar-refractivity contribution in [2.75, 3.05) is 32.9 Å². The lowest BCUT2D eigenvalue weighted by atomic mass is 10.4. The molecule has 1 aliphatic carbocycles. The molecule has 0 aromatic carbocycles. The van der Waals surface area contributed by atoms with Crippen LogP contribution in [0.25, 0.3) is 0 Å². The average molecular weight is 263 g/mol. The molecule has 1 saturated carbocycles. The number of hydrogen-bond acceptors (Lipinski definition) is 4. The third-order valence-electron chi connectivity index (χ3n) is 2.60. The first kappa shape index (κ1) is 14.4. The van der Waals surface area contributed by atoms with Gasteiger partial charge in [-0.1, -0.05) is 0 Å². The summed E-state index contributed by atoms with van der Waals surface area (Å²) in [5.74, 6) is -0.158. The van der Waals surface area contributed by atoms with E-state index < -0.39 is 10.0 Å². The molecular formula is C10H21N3O3S. The third-order valence-corrected chi connectivity index (χ3v) is 4.43. The number of amides is 1. The van der Waals surface area contributed by atoms with E-state index in [2.05, 4.69) is 10.6 Å². The first-order chi connectivity index (χ1) is 7.92. The zero-order valence-electron chi connectivity index (χ0n) is 10.4. The minimum atomic E-state index is -3.21. The van der Waals surface area contributed by atoms with Crippen LogP contribution in [0.5, 0.6) is 0 Å². The summed E-state index contributed by atoms with van der Waals surface area (Å²) in [6, 6.07) is 0.594. The van der Waals surface area contributed by atoms with E-state index in [1.54, 1.807) is 0 Å². The summed E-state index contributed by atoms with van der Waals surface area (Å²) in [6.07, 6.45) is 2.80. The zero-order chi connectivity index (χ0) is 12.9. The second kappa shape index (κ2) is 6.32. The fourth-order valence-electron chi connectivity index (χ4n) is 1.27. The molecule has 1 fully saturated rings. The molecule has 0 saturated heterocycles. The van der Waals surface area contributed by atoms with Gasteiger partial charge < -0.3 is 10.6 Å². The highest BCUT2D eigenvalue weighted by atomic mass is 32.2. The second-order valence-corrected chi connectivity index (χ2v) is 6.73. The Kier molecular flexibility index (Phi) is 5.35. The van der Waals surface area contributed by atoms with Gasteiger partial charge in [-0.2, -0.15) is 0 Å². The molecule has 6 nitrogen and oxygen atoms in total. The molecule has 0 aliphatic heterocycles. The van der Waals surface area contributed by atoms with Crippen LogP contribution in [-0.2, 0) is 14.8 Å². The molecule has 0 radical (unpaired) electrons. The quantitative estimate of drug-likeness (QED) is 0.597. The van der Waals surface area contributed by atoms with Crippen molar-refractivity contribution >= 4 is 15.9 Å². The van der Waals surface area contributed by atoms with Gasteiger partial charge in [0.15, 0.2) is 0 Å². The van der Waals surface area contributed by atoms with Crippen molar-refractivity contribution in [3.8, 4) is 0 Å². The van der Waals surface area contributed by atoms with E-state index in [1.807, 2.05) is 0 Å². The van der Waals surface area contributed by atoms with Crippen LogP contribution >= 0.6 is 0 Å². The average Bonchev–Trinajstić information content (AvgIpc) is 3.01. The summed E-state index contributed by atoms with van der Waals surface area (Å²) in [6.45, 7) is 0.833. The molecule has 0 atom stereocenters. The molecule has 7 heteroatoms. The SMILES string of the molecule is CN(C)S(=O)(=O)CCNC(=O)CCNC1CC1. The lowest BCUT2D eigenvalue weighted by Gasteiger charge is -2.11. The van der Waals surface area contributed by atoms with Crippen LogP contribution in [0.4, 0.5) is 0 Å². The topological polar surface area (TPSA) is 78.5 Å². The molecule has 1 aliphatic rings. The summed E-state index contributed by atoms with van der Waals surface area (Å²) < 4.78 is 23.9. The maximum absolute atomic E-state index is 11.4. The van der Waals surface area contributed by atoms with Crippen LogP contribution in [0.1, 0.15) is 19.3 Å². The van der Waals surface area contributed by atoms with E-state index in [-0.39, 0.29) is 18.2 Å². The lowest BCUT2D eigenvalue weighted by Crippen LogP contribution is -2.35. The van der Waals surface area contributed by atoms with E-state index in [1.165, 1.54) is 26.9 Å². The molecule has 0 unspecified atom stereocenters. The van der Waals surface area contributed by atoms with Crippen molar-refractivity contribution in [1.29, 1.82) is 0 Å². The molecule has 0 bridgehead atoms. The number of nitrogens with zero attached hydrogens (tertiary/aromatic N) is 1. The highest BCUT2D eigenvalue weighted by Crippen LogP contribution is 2.18. The monoisotopic (exact) mass is 263 g/mol. The van der Waals surface area contributed by atoms with Gasteiger partial charge in [-0.25, -0.2) is 12.7 Å². The zero-order valence-corrected chi connectivity index (χ0v) is 11.2.